The van der Waals surface area contributed by atoms with Gasteiger partial charge in [0.15, 0.2) is 17.4 Å². The molecular weight excluding hydrogens is 386 g/mol. The van der Waals surface area contributed by atoms with Gasteiger partial charge in [-0.25, -0.2) is 18.7 Å². The number of hydrogen-bond acceptors (Lipinski definition) is 5. The predicted octanol–water partition coefficient (Wildman–Crippen LogP) is 4.08. The third kappa shape index (κ3) is 4.89. The normalized spacial score (nSPS) is 18.6. The Morgan fingerprint density at radius 3 is 2.27 bits per heavy atom. The summed E-state index contributed by atoms with van der Waals surface area (Å²) in [6.07, 6.45) is 8.24. The molecule has 0 amide bonds. The molecule has 0 saturated carbocycles. The van der Waals surface area contributed by atoms with Crippen LogP contribution in [0.25, 0.3) is 0 Å². The second-order valence-electron chi connectivity index (χ2n) is 8.32. The Bertz CT molecular complexity index is 809. The molecule has 2 aromatic rings. The highest BCUT2D eigenvalue weighted by Crippen LogP contribution is 2.32. The molecule has 7 heteroatoms. The topological polar surface area (TPSA) is 50.3 Å². The van der Waals surface area contributed by atoms with E-state index in [9.17, 15) is 8.78 Å². The summed E-state index contributed by atoms with van der Waals surface area (Å²) < 4.78 is 34.7. The lowest BCUT2D eigenvalue weighted by Gasteiger charge is -2.32. The number of nitrogens with zero attached hydrogens (tertiary/aromatic N) is 3. The van der Waals surface area contributed by atoms with Crippen molar-refractivity contribution in [3.8, 4) is 5.75 Å². The number of piperidine rings is 2. The van der Waals surface area contributed by atoms with Crippen LogP contribution >= 0.6 is 0 Å². The van der Waals surface area contributed by atoms with Crippen molar-refractivity contribution < 1.29 is 13.5 Å². The molecule has 0 radical (unpaired) electrons. The Labute approximate surface area is 176 Å². The van der Waals surface area contributed by atoms with E-state index in [4.69, 9.17) is 4.74 Å². The quantitative estimate of drug-likeness (QED) is 0.769. The predicted molar refractivity (Wildman–Crippen MR) is 113 cm³/mol. The zero-order chi connectivity index (χ0) is 20.9. The van der Waals surface area contributed by atoms with Gasteiger partial charge in [0.1, 0.15) is 0 Å². The van der Waals surface area contributed by atoms with Gasteiger partial charge < -0.3 is 15.0 Å². The lowest BCUT2D eigenvalue weighted by atomic mass is 9.90. The van der Waals surface area contributed by atoms with E-state index in [1.807, 2.05) is 12.4 Å². The highest BCUT2D eigenvalue weighted by atomic mass is 19.1. The SMILES string of the molecule is CCc1cnc(N2CCC(COc3c(F)cc(C4CCNCC4)cc3F)CC2)nc1. The molecule has 1 aromatic carbocycles. The monoisotopic (exact) mass is 416 g/mol. The van der Waals surface area contributed by atoms with Crippen LogP contribution in [0.4, 0.5) is 14.7 Å². The number of aryl methyl sites for hydroxylation is 1. The standard InChI is InChI=1S/C23H30F2N4O/c1-2-16-13-27-23(28-14-16)29-9-5-17(6-10-29)15-30-22-20(24)11-19(12-21(22)25)18-3-7-26-8-4-18/h11-14,17-18,26H,2-10,15H2,1H3. The van der Waals surface area contributed by atoms with Gasteiger partial charge >= 0.3 is 0 Å². The summed E-state index contributed by atoms with van der Waals surface area (Å²) in [5, 5.41) is 3.28. The fourth-order valence-electron chi connectivity index (χ4n) is 4.30. The first kappa shape index (κ1) is 21.0. The minimum Gasteiger partial charge on any atom is -0.487 e. The molecule has 30 heavy (non-hydrogen) atoms. The smallest absolute Gasteiger partial charge is 0.225 e. The van der Waals surface area contributed by atoms with Gasteiger partial charge in [-0.15, -0.1) is 0 Å². The van der Waals surface area contributed by atoms with Gasteiger partial charge in [-0.2, -0.15) is 0 Å². The first-order chi connectivity index (χ1) is 14.6. The van der Waals surface area contributed by atoms with E-state index in [0.29, 0.717) is 6.61 Å². The second-order valence-corrected chi connectivity index (χ2v) is 8.32. The molecule has 2 fully saturated rings. The number of anilines is 1. The summed E-state index contributed by atoms with van der Waals surface area (Å²) >= 11 is 0. The van der Waals surface area contributed by atoms with Crippen molar-refractivity contribution in [2.75, 3.05) is 37.7 Å². The second kappa shape index (κ2) is 9.69. The van der Waals surface area contributed by atoms with Crippen molar-refractivity contribution in [3.63, 3.8) is 0 Å². The average Bonchev–Trinajstić information content (AvgIpc) is 2.79. The van der Waals surface area contributed by atoms with Gasteiger partial charge in [0, 0.05) is 25.5 Å². The summed E-state index contributed by atoms with van der Waals surface area (Å²) in [5.41, 5.74) is 1.86. The van der Waals surface area contributed by atoms with Gasteiger partial charge in [0.25, 0.3) is 0 Å². The molecule has 2 aliphatic rings. The van der Waals surface area contributed by atoms with E-state index in [1.165, 1.54) is 12.1 Å². The van der Waals surface area contributed by atoms with E-state index < -0.39 is 11.6 Å². The summed E-state index contributed by atoms with van der Waals surface area (Å²) in [6, 6.07) is 2.91. The molecule has 1 N–H and O–H groups in total. The Morgan fingerprint density at radius 1 is 1.03 bits per heavy atom. The number of nitrogens with one attached hydrogen (secondary N) is 1. The van der Waals surface area contributed by atoms with Gasteiger partial charge in [-0.3, -0.25) is 0 Å². The maximum absolute atomic E-state index is 14.6. The summed E-state index contributed by atoms with van der Waals surface area (Å²) in [4.78, 5) is 11.0. The zero-order valence-electron chi connectivity index (χ0n) is 17.5. The molecule has 5 nitrogen and oxygen atoms in total. The number of benzene rings is 1. The first-order valence-corrected chi connectivity index (χ1v) is 11.0. The number of halogens is 2. The molecule has 2 aliphatic heterocycles. The van der Waals surface area contributed by atoms with Crippen LogP contribution < -0.4 is 15.0 Å². The van der Waals surface area contributed by atoms with Crippen molar-refractivity contribution in [1.82, 2.24) is 15.3 Å². The maximum atomic E-state index is 14.6. The number of rotatable bonds is 6. The minimum absolute atomic E-state index is 0.210. The Kier molecular flexibility index (Phi) is 6.77. The van der Waals surface area contributed by atoms with Crippen LogP contribution in [0.1, 0.15) is 49.7 Å². The first-order valence-electron chi connectivity index (χ1n) is 11.0. The van der Waals surface area contributed by atoms with Crippen LogP contribution in [0.15, 0.2) is 24.5 Å². The molecule has 0 unspecified atom stereocenters. The zero-order valence-corrected chi connectivity index (χ0v) is 17.5. The molecule has 0 atom stereocenters. The van der Waals surface area contributed by atoms with Crippen molar-refractivity contribution in [2.24, 2.45) is 5.92 Å². The molecule has 162 valence electrons. The molecule has 4 rings (SSSR count). The fraction of sp³-hybridized carbons (Fsp3) is 0.565. The highest BCUT2D eigenvalue weighted by molar-refractivity contribution is 5.34. The summed E-state index contributed by atoms with van der Waals surface area (Å²) in [7, 11) is 0. The van der Waals surface area contributed by atoms with Crippen LogP contribution in [0.5, 0.6) is 5.75 Å². The largest absolute Gasteiger partial charge is 0.487 e. The van der Waals surface area contributed by atoms with Crippen LogP contribution in [0.2, 0.25) is 0 Å². The molecular formula is C23H30F2N4O. The third-order valence-electron chi connectivity index (χ3n) is 6.29. The van der Waals surface area contributed by atoms with Gasteiger partial charge in [0.05, 0.1) is 6.61 Å². The van der Waals surface area contributed by atoms with Crippen LogP contribution in [0.3, 0.4) is 0 Å². The molecule has 2 saturated heterocycles. The van der Waals surface area contributed by atoms with E-state index >= 15 is 0 Å². The summed E-state index contributed by atoms with van der Waals surface area (Å²) in [5.74, 6) is -0.206. The molecule has 3 heterocycles. The van der Waals surface area contributed by atoms with Crippen molar-refractivity contribution in [3.05, 3.63) is 47.3 Å². The van der Waals surface area contributed by atoms with E-state index in [2.05, 4.69) is 27.1 Å². The van der Waals surface area contributed by atoms with Crippen molar-refractivity contribution in [2.45, 2.75) is 44.9 Å². The fourth-order valence-corrected chi connectivity index (χ4v) is 4.30. The van der Waals surface area contributed by atoms with Gasteiger partial charge in [0.2, 0.25) is 5.95 Å². The highest BCUT2D eigenvalue weighted by Gasteiger charge is 2.24. The van der Waals surface area contributed by atoms with E-state index in [-0.39, 0.29) is 17.6 Å². The summed E-state index contributed by atoms with van der Waals surface area (Å²) in [6.45, 7) is 5.82. The minimum atomic E-state index is -0.592. The van der Waals surface area contributed by atoms with E-state index in [0.717, 1.165) is 75.4 Å². The van der Waals surface area contributed by atoms with Crippen LogP contribution in [-0.4, -0.2) is 42.8 Å². The maximum Gasteiger partial charge on any atom is 0.225 e. The number of hydrogen-bond donors (Lipinski definition) is 1. The van der Waals surface area contributed by atoms with E-state index in [1.54, 1.807) is 0 Å². The number of ether oxygens (including phenoxy) is 1. The molecule has 0 spiro atoms. The Hall–Kier alpha value is -2.28. The Morgan fingerprint density at radius 2 is 1.67 bits per heavy atom. The Balaban J connectivity index is 1.30. The van der Waals surface area contributed by atoms with Crippen LogP contribution in [0, 0.1) is 17.6 Å². The molecule has 0 bridgehead atoms. The lowest BCUT2D eigenvalue weighted by molar-refractivity contribution is 0.206. The number of aromatic nitrogens is 2. The molecule has 0 aliphatic carbocycles. The third-order valence-corrected chi connectivity index (χ3v) is 6.29. The van der Waals surface area contributed by atoms with Crippen molar-refractivity contribution in [1.29, 1.82) is 0 Å². The van der Waals surface area contributed by atoms with Gasteiger partial charge in [-0.1, -0.05) is 6.92 Å². The molecule has 1 aromatic heterocycles. The average molecular weight is 417 g/mol. The van der Waals surface area contributed by atoms with Crippen molar-refractivity contribution >= 4 is 5.95 Å². The van der Waals surface area contributed by atoms with Crippen LogP contribution in [-0.2, 0) is 6.42 Å². The van der Waals surface area contributed by atoms with Gasteiger partial charge in [-0.05, 0) is 80.3 Å². The lowest BCUT2D eigenvalue weighted by Crippen LogP contribution is -2.36.